The van der Waals surface area contributed by atoms with Crippen LogP contribution < -0.4 is 10.2 Å². The maximum absolute atomic E-state index is 14.6. The van der Waals surface area contributed by atoms with Gasteiger partial charge >= 0.3 is 0 Å². The maximum atomic E-state index is 14.6. The summed E-state index contributed by atoms with van der Waals surface area (Å²) in [5, 5.41) is 3.11. The smallest absolute Gasteiger partial charge is 0.259 e. The highest BCUT2D eigenvalue weighted by molar-refractivity contribution is 7.91. The third-order valence-corrected chi connectivity index (χ3v) is 9.62. The van der Waals surface area contributed by atoms with Crippen LogP contribution in [0.1, 0.15) is 59.4 Å². The summed E-state index contributed by atoms with van der Waals surface area (Å²) in [6, 6.07) is 16.3. The highest BCUT2D eigenvalue weighted by Crippen LogP contribution is 2.38. The number of hydrogen-bond acceptors (Lipinski definition) is 4. The van der Waals surface area contributed by atoms with Gasteiger partial charge in [0, 0.05) is 17.2 Å². The molecule has 1 aliphatic heterocycles. The number of hydrogen-bond donors (Lipinski definition) is 1. The third-order valence-electron chi connectivity index (χ3n) is 7.76. The van der Waals surface area contributed by atoms with E-state index in [2.05, 4.69) is 19.2 Å². The van der Waals surface area contributed by atoms with E-state index in [1.165, 1.54) is 41.3 Å². The number of rotatable bonds is 4. The normalized spacial score (nSPS) is 22.5. The molecule has 1 saturated carbocycles. The molecule has 3 atom stereocenters. The Labute approximate surface area is 216 Å². The van der Waals surface area contributed by atoms with Gasteiger partial charge in [-0.3, -0.25) is 9.59 Å². The van der Waals surface area contributed by atoms with Crippen LogP contribution in [0.5, 0.6) is 0 Å². The Balaban J connectivity index is 1.60. The minimum Gasteiger partial charge on any atom is -0.349 e. The van der Waals surface area contributed by atoms with Crippen molar-refractivity contribution in [3.05, 3.63) is 89.2 Å². The second-order valence-electron chi connectivity index (χ2n) is 10.0. The molecule has 1 fully saturated rings. The third kappa shape index (κ3) is 4.55. The molecule has 0 saturated heterocycles. The fourth-order valence-corrected chi connectivity index (χ4v) is 6.97. The molecule has 0 radical (unpaired) electrons. The Bertz CT molecular complexity index is 1490. The van der Waals surface area contributed by atoms with Gasteiger partial charge in [-0.15, -0.1) is 0 Å². The molecule has 1 heterocycles. The molecule has 8 heteroatoms. The predicted molar refractivity (Wildman–Crippen MR) is 139 cm³/mol. The number of anilines is 1. The van der Waals surface area contributed by atoms with Crippen molar-refractivity contribution in [1.82, 2.24) is 5.32 Å². The van der Waals surface area contributed by atoms with E-state index >= 15 is 0 Å². The Hall–Kier alpha value is -3.52. The number of amides is 2. The summed E-state index contributed by atoms with van der Waals surface area (Å²) in [5.41, 5.74) is 0.545. The number of benzene rings is 3. The first-order chi connectivity index (χ1) is 17.7. The van der Waals surface area contributed by atoms with Crippen molar-refractivity contribution in [3.63, 3.8) is 0 Å². The first-order valence-electron chi connectivity index (χ1n) is 12.5. The molecule has 6 nitrogen and oxygen atoms in total. The number of nitrogens with one attached hydrogen (secondary N) is 1. The first kappa shape index (κ1) is 25.1. The zero-order chi connectivity index (χ0) is 26.3. The van der Waals surface area contributed by atoms with Crippen LogP contribution in [0, 0.1) is 17.7 Å². The molecule has 0 aromatic heterocycles. The van der Waals surface area contributed by atoms with Crippen molar-refractivity contribution in [2.45, 2.75) is 55.5 Å². The molecule has 3 aromatic carbocycles. The summed E-state index contributed by atoms with van der Waals surface area (Å²) in [4.78, 5) is 28.1. The summed E-state index contributed by atoms with van der Waals surface area (Å²) in [6.07, 6.45) is 3.03. The minimum atomic E-state index is -4.08. The zero-order valence-corrected chi connectivity index (χ0v) is 21.6. The molecule has 2 aliphatic rings. The number of carbonyl (C=O) groups excluding carboxylic acids is 2. The van der Waals surface area contributed by atoms with E-state index in [-0.39, 0.29) is 50.7 Å². The largest absolute Gasteiger partial charge is 0.349 e. The molecule has 1 aliphatic carbocycles. The average molecular weight is 521 g/mol. The number of carbonyl (C=O) groups is 2. The minimum absolute atomic E-state index is 0.00561. The van der Waals surface area contributed by atoms with Crippen LogP contribution in [0.3, 0.4) is 0 Å². The van der Waals surface area contributed by atoms with Crippen LogP contribution in [0.25, 0.3) is 0 Å². The van der Waals surface area contributed by atoms with Gasteiger partial charge in [0.1, 0.15) is 5.82 Å². The molecule has 1 N–H and O–H groups in total. The highest BCUT2D eigenvalue weighted by Gasteiger charge is 2.36. The van der Waals surface area contributed by atoms with Crippen LogP contribution in [0.2, 0.25) is 0 Å². The lowest BCUT2D eigenvalue weighted by molar-refractivity contribution is 0.0889. The molecule has 37 heavy (non-hydrogen) atoms. The number of fused-ring (bicyclic) bond motifs is 2. The second kappa shape index (κ2) is 9.74. The highest BCUT2D eigenvalue weighted by atomic mass is 32.2. The molecule has 0 bridgehead atoms. The van der Waals surface area contributed by atoms with E-state index in [4.69, 9.17) is 0 Å². The summed E-state index contributed by atoms with van der Waals surface area (Å²) in [7, 11) is -4.08. The molecule has 192 valence electrons. The molecule has 3 aromatic rings. The SMILES string of the molecule is C[C@@H]1[C@H](C)CCC[C@H]1NC(=O)c1ccc2c(c1)N(Cc1ccccc1F)C(=O)c1ccccc1S2(=O)=O. The zero-order valence-electron chi connectivity index (χ0n) is 20.8. The van der Waals surface area contributed by atoms with Crippen LogP contribution in [0.15, 0.2) is 76.5 Å². The quantitative estimate of drug-likeness (QED) is 0.501. The Kier molecular flexibility index (Phi) is 6.62. The van der Waals surface area contributed by atoms with Gasteiger partial charge in [0.05, 0.1) is 27.6 Å². The lowest BCUT2D eigenvalue weighted by Gasteiger charge is -2.34. The Morgan fingerprint density at radius 1 is 1.00 bits per heavy atom. The van der Waals surface area contributed by atoms with E-state index < -0.39 is 21.6 Å². The van der Waals surface area contributed by atoms with Gasteiger partial charge in [0.15, 0.2) is 0 Å². The number of halogens is 1. The molecule has 5 rings (SSSR count). The molecular formula is C29H29FN2O4S. The fourth-order valence-electron chi connectivity index (χ4n) is 5.34. The number of sulfone groups is 1. The Morgan fingerprint density at radius 3 is 2.51 bits per heavy atom. The summed E-state index contributed by atoms with van der Waals surface area (Å²) < 4.78 is 41.9. The van der Waals surface area contributed by atoms with E-state index in [9.17, 15) is 22.4 Å². The monoisotopic (exact) mass is 520 g/mol. The standard InChI is InChI=1S/C29H29FN2O4S/c1-18-8-7-12-24(19(18)2)31-28(33)20-14-15-27-25(16-20)32(17-21-9-3-5-11-23(21)30)29(34)22-10-4-6-13-26(22)37(27,35)36/h3-6,9-11,13-16,18-19,24H,7-8,12,17H2,1-2H3,(H,31,33)/t18-,19-,24-/m1/s1. The van der Waals surface area contributed by atoms with Crippen molar-refractivity contribution in [2.75, 3.05) is 4.90 Å². The number of nitrogens with zero attached hydrogens (tertiary/aromatic N) is 1. The molecular weight excluding hydrogens is 491 g/mol. The summed E-state index contributed by atoms with van der Waals surface area (Å²) >= 11 is 0. The second-order valence-corrected chi connectivity index (χ2v) is 11.9. The van der Waals surface area contributed by atoms with Gasteiger partial charge in [0.25, 0.3) is 11.8 Å². The van der Waals surface area contributed by atoms with E-state index in [0.717, 1.165) is 19.3 Å². The predicted octanol–water partition coefficient (Wildman–Crippen LogP) is 5.37. The van der Waals surface area contributed by atoms with Gasteiger partial charge in [0.2, 0.25) is 9.84 Å². The fraction of sp³-hybridized carbons (Fsp3) is 0.310. The lowest BCUT2D eigenvalue weighted by atomic mass is 9.78. The van der Waals surface area contributed by atoms with Gasteiger partial charge in [-0.05, 0) is 54.7 Å². The molecule has 0 spiro atoms. The summed E-state index contributed by atoms with van der Waals surface area (Å²) in [5.74, 6) is -0.609. The van der Waals surface area contributed by atoms with E-state index in [0.29, 0.717) is 11.8 Å². The van der Waals surface area contributed by atoms with Crippen molar-refractivity contribution >= 4 is 27.3 Å². The van der Waals surface area contributed by atoms with Gasteiger partial charge in [-0.1, -0.05) is 57.0 Å². The summed E-state index contributed by atoms with van der Waals surface area (Å²) in [6.45, 7) is 4.12. The van der Waals surface area contributed by atoms with Crippen LogP contribution >= 0.6 is 0 Å². The lowest BCUT2D eigenvalue weighted by Crippen LogP contribution is -2.43. The molecule has 2 amide bonds. The topological polar surface area (TPSA) is 83.6 Å². The van der Waals surface area contributed by atoms with E-state index in [1.807, 2.05) is 0 Å². The van der Waals surface area contributed by atoms with E-state index in [1.54, 1.807) is 30.3 Å². The van der Waals surface area contributed by atoms with Gasteiger partial charge in [-0.2, -0.15) is 0 Å². The van der Waals surface area contributed by atoms with Crippen LogP contribution in [-0.4, -0.2) is 26.3 Å². The first-order valence-corrected chi connectivity index (χ1v) is 14.0. The van der Waals surface area contributed by atoms with Crippen molar-refractivity contribution in [1.29, 1.82) is 0 Å². The van der Waals surface area contributed by atoms with Crippen molar-refractivity contribution < 1.29 is 22.4 Å². The Morgan fingerprint density at radius 2 is 1.73 bits per heavy atom. The van der Waals surface area contributed by atoms with Gasteiger partial charge in [-0.25, -0.2) is 12.8 Å². The average Bonchev–Trinajstić information content (AvgIpc) is 2.96. The molecule has 0 unspecified atom stereocenters. The maximum Gasteiger partial charge on any atom is 0.259 e. The van der Waals surface area contributed by atoms with Crippen molar-refractivity contribution in [2.24, 2.45) is 11.8 Å². The van der Waals surface area contributed by atoms with Gasteiger partial charge < -0.3 is 10.2 Å². The van der Waals surface area contributed by atoms with Crippen LogP contribution in [0.4, 0.5) is 10.1 Å². The van der Waals surface area contributed by atoms with Crippen LogP contribution in [-0.2, 0) is 16.4 Å². The van der Waals surface area contributed by atoms with Crippen molar-refractivity contribution in [3.8, 4) is 0 Å².